The highest BCUT2D eigenvalue weighted by Gasteiger charge is 2.34. The van der Waals surface area contributed by atoms with Gasteiger partial charge in [0.15, 0.2) is 0 Å². The zero-order valence-corrected chi connectivity index (χ0v) is 12.7. The predicted molar refractivity (Wildman–Crippen MR) is 77.4 cm³/mol. The van der Waals surface area contributed by atoms with Crippen molar-refractivity contribution in [2.45, 2.75) is 11.9 Å². The van der Waals surface area contributed by atoms with Gasteiger partial charge in [-0.15, -0.1) is 0 Å². The molecule has 0 saturated carbocycles. The van der Waals surface area contributed by atoms with Gasteiger partial charge in [-0.3, -0.25) is 0 Å². The fourth-order valence-electron chi connectivity index (χ4n) is 2.27. The maximum absolute atomic E-state index is 13.3. The summed E-state index contributed by atoms with van der Waals surface area (Å²) in [5, 5.41) is 13.8. The van der Waals surface area contributed by atoms with Gasteiger partial charge in [-0.25, -0.2) is 13.6 Å². The Morgan fingerprint density at radius 3 is 2.39 bits per heavy atom. The van der Waals surface area contributed by atoms with Crippen LogP contribution in [0.15, 0.2) is 30.3 Å². The molecule has 9 heteroatoms. The Morgan fingerprint density at radius 1 is 1.26 bits per heavy atom. The van der Waals surface area contributed by atoms with Gasteiger partial charge in [0.2, 0.25) is 10.0 Å². The van der Waals surface area contributed by atoms with Gasteiger partial charge < -0.3 is 4.57 Å². The Morgan fingerprint density at radius 2 is 1.91 bits per heavy atom. The number of nitrogens with zero attached hydrogens (tertiary/aromatic N) is 2. The van der Waals surface area contributed by atoms with E-state index in [-0.39, 0.29) is 22.5 Å². The summed E-state index contributed by atoms with van der Waals surface area (Å²) >= 11 is 0. The number of nitriles is 1. The van der Waals surface area contributed by atoms with Gasteiger partial charge in [-0.05, 0) is 23.8 Å². The quantitative estimate of drug-likeness (QED) is 0.928. The number of rotatable bonds is 3. The number of primary sulfonamides is 1. The lowest BCUT2D eigenvalue weighted by molar-refractivity contribution is -0.137. The van der Waals surface area contributed by atoms with Crippen LogP contribution in [0.5, 0.6) is 0 Å². The molecule has 0 fully saturated rings. The van der Waals surface area contributed by atoms with Crippen LogP contribution in [0.25, 0.3) is 11.3 Å². The van der Waals surface area contributed by atoms with Gasteiger partial charge in [-0.2, -0.15) is 18.4 Å². The van der Waals surface area contributed by atoms with Crippen LogP contribution < -0.4 is 5.14 Å². The number of nitrogens with two attached hydrogens (primary N) is 1. The van der Waals surface area contributed by atoms with Crippen LogP contribution in [-0.4, -0.2) is 13.0 Å². The third kappa shape index (κ3) is 3.72. The second-order valence-corrected chi connectivity index (χ2v) is 6.57. The molecule has 2 N–H and O–H groups in total. The van der Waals surface area contributed by atoms with E-state index in [1.165, 1.54) is 35.9 Å². The minimum atomic E-state index is -4.68. The predicted octanol–water partition coefficient (Wildman–Crippen LogP) is 2.37. The highest BCUT2D eigenvalue weighted by atomic mass is 32.2. The van der Waals surface area contributed by atoms with Crippen molar-refractivity contribution in [2.24, 2.45) is 12.2 Å². The van der Waals surface area contributed by atoms with Crippen LogP contribution in [0, 0.1) is 11.3 Å². The average Bonchev–Trinajstić information content (AvgIpc) is 2.77. The van der Waals surface area contributed by atoms with Gasteiger partial charge in [0.1, 0.15) is 11.8 Å². The van der Waals surface area contributed by atoms with Crippen molar-refractivity contribution in [2.75, 3.05) is 0 Å². The number of aromatic nitrogens is 1. The summed E-state index contributed by atoms with van der Waals surface area (Å²) in [6.07, 6.45) is -4.68. The van der Waals surface area contributed by atoms with E-state index in [0.29, 0.717) is 0 Å². The van der Waals surface area contributed by atoms with Crippen molar-refractivity contribution in [3.05, 3.63) is 47.2 Å². The minimum Gasteiger partial charge on any atom is -0.335 e. The zero-order chi connectivity index (χ0) is 17.4. The van der Waals surface area contributed by atoms with Crippen LogP contribution >= 0.6 is 0 Å². The van der Waals surface area contributed by atoms with Gasteiger partial charge in [-0.1, -0.05) is 12.1 Å². The molecule has 0 bridgehead atoms. The molecule has 0 spiro atoms. The molecule has 0 saturated heterocycles. The first-order valence-electron chi connectivity index (χ1n) is 6.29. The molecule has 0 unspecified atom stereocenters. The fraction of sp³-hybridized carbons (Fsp3) is 0.214. The Kier molecular flexibility index (Phi) is 4.24. The van der Waals surface area contributed by atoms with E-state index in [4.69, 9.17) is 10.4 Å². The summed E-state index contributed by atoms with van der Waals surface area (Å²) in [5.41, 5.74) is -0.764. The first-order chi connectivity index (χ1) is 10.5. The molecule has 1 heterocycles. The van der Waals surface area contributed by atoms with Crippen molar-refractivity contribution in [3.63, 3.8) is 0 Å². The van der Waals surface area contributed by atoms with Gasteiger partial charge in [0, 0.05) is 18.3 Å². The molecule has 1 aromatic heterocycles. The number of sulfonamides is 1. The standard InChI is InChI=1S/C14H12F3N3O2S/c1-20-10(7-18)3-5-13(20)11-4-2-9(8-23(19,21)22)6-12(11)14(15,16)17/h2-6H,8H2,1H3,(H2,19,21,22). The fourth-order valence-corrected chi connectivity index (χ4v) is 2.91. The number of hydrogen-bond donors (Lipinski definition) is 1. The van der Waals surface area contributed by atoms with Gasteiger partial charge >= 0.3 is 6.18 Å². The maximum atomic E-state index is 13.3. The molecule has 2 aromatic rings. The average molecular weight is 343 g/mol. The van der Waals surface area contributed by atoms with Crippen LogP contribution in [0.4, 0.5) is 13.2 Å². The number of alkyl halides is 3. The Balaban J connectivity index is 2.64. The van der Waals surface area contributed by atoms with E-state index >= 15 is 0 Å². The van der Waals surface area contributed by atoms with E-state index in [2.05, 4.69) is 0 Å². The van der Waals surface area contributed by atoms with Crippen molar-refractivity contribution in [3.8, 4) is 17.3 Å². The van der Waals surface area contributed by atoms with E-state index in [0.717, 1.165) is 6.07 Å². The first-order valence-corrected chi connectivity index (χ1v) is 8.01. The SMILES string of the molecule is Cn1c(C#N)ccc1-c1ccc(CS(N)(=O)=O)cc1C(F)(F)F. The third-order valence-corrected chi connectivity index (χ3v) is 4.01. The first kappa shape index (κ1) is 17.1. The Hall–Kier alpha value is -2.31. The number of hydrogen-bond acceptors (Lipinski definition) is 3. The highest BCUT2D eigenvalue weighted by Crippen LogP contribution is 2.38. The molecule has 0 amide bonds. The van der Waals surface area contributed by atoms with Gasteiger partial charge in [0.05, 0.1) is 11.3 Å². The molecule has 2 rings (SSSR count). The second kappa shape index (κ2) is 5.72. The lowest BCUT2D eigenvalue weighted by Crippen LogP contribution is -2.16. The Bertz CT molecular complexity index is 893. The monoisotopic (exact) mass is 343 g/mol. The molecule has 0 atom stereocenters. The smallest absolute Gasteiger partial charge is 0.335 e. The van der Waals surface area contributed by atoms with Crippen molar-refractivity contribution in [1.82, 2.24) is 4.57 Å². The molecule has 0 aliphatic rings. The number of halogens is 3. The molecule has 23 heavy (non-hydrogen) atoms. The lowest BCUT2D eigenvalue weighted by Gasteiger charge is -2.15. The third-order valence-electron chi connectivity index (χ3n) is 3.27. The van der Waals surface area contributed by atoms with Crippen molar-refractivity contribution < 1.29 is 21.6 Å². The van der Waals surface area contributed by atoms with E-state index in [1.54, 1.807) is 0 Å². The van der Waals surface area contributed by atoms with E-state index < -0.39 is 27.5 Å². The van der Waals surface area contributed by atoms with Crippen LogP contribution in [0.2, 0.25) is 0 Å². The van der Waals surface area contributed by atoms with Crippen molar-refractivity contribution in [1.29, 1.82) is 5.26 Å². The minimum absolute atomic E-state index is 0.0571. The molecular formula is C14H12F3N3O2S. The van der Waals surface area contributed by atoms with Crippen LogP contribution in [0.1, 0.15) is 16.8 Å². The molecular weight excluding hydrogens is 331 g/mol. The molecule has 0 aliphatic carbocycles. The summed E-state index contributed by atoms with van der Waals surface area (Å²) in [7, 11) is -2.46. The zero-order valence-electron chi connectivity index (χ0n) is 11.9. The second-order valence-electron chi connectivity index (χ2n) is 4.96. The lowest BCUT2D eigenvalue weighted by atomic mass is 10.0. The van der Waals surface area contributed by atoms with Gasteiger partial charge in [0.25, 0.3) is 0 Å². The summed E-state index contributed by atoms with van der Waals surface area (Å²) in [5.74, 6) is -0.688. The van der Waals surface area contributed by atoms with E-state index in [1.807, 2.05) is 6.07 Å². The largest absolute Gasteiger partial charge is 0.417 e. The normalized spacial score (nSPS) is 12.2. The number of benzene rings is 1. The molecule has 5 nitrogen and oxygen atoms in total. The summed E-state index contributed by atoms with van der Waals surface area (Å²) < 4.78 is 63.4. The molecule has 0 radical (unpaired) electrons. The summed E-state index contributed by atoms with van der Waals surface area (Å²) in [4.78, 5) is 0. The van der Waals surface area contributed by atoms with E-state index in [9.17, 15) is 21.6 Å². The highest BCUT2D eigenvalue weighted by molar-refractivity contribution is 7.88. The molecule has 0 aliphatic heterocycles. The van der Waals surface area contributed by atoms with Crippen LogP contribution in [-0.2, 0) is 29.0 Å². The topological polar surface area (TPSA) is 88.9 Å². The Labute approximate surface area is 130 Å². The molecule has 122 valence electrons. The maximum Gasteiger partial charge on any atom is 0.417 e. The molecule has 1 aromatic carbocycles. The summed E-state index contributed by atoms with van der Waals surface area (Å²) in [6, 6.07) is 7.90. The summed E-state index contributed by atoms with van der Waals surface area (Å²) in [6.45, 7) is 0. The van der Waals surface area contributed by atoms with Crippen LogP contribution in [0.3, 0.4) is 0 Å². The van der Waals surface area contributed by atoms with Crippen molar-refractivity contribution >= 4 is 10.0 Å².